The lowest BCUT2D eigenvalue weighted by Gasteiger charge is -1.93. The number of hydrogen-bond donors (Lipinski definition) is 1. The maximum Gasteiger partial charge on any atom is 0.0140 e. The highest BCUT2D eigenvalue weighted by molar-refractivity contribution is 5.50. The summed E-state index contributed by atoms with van der Waals surface area (Å²) in [6.45, 7) is 0.990. The molecule has 0 atom stereocenters. The van der Waals surface area contributed by atoms with Crippen molar-refractivity contribution in [2.45, 2.75) is 18.9 Å². The summed E-state index contributed by atoms with van der Waals surface area (Å²) in [5.41, 5.74) is 1.25. The zero-order valence-electron chi connectivity index (χ0n) is 8.89. The first-order chi connectivity index (χ1) is 7.45. The Bertz CT molecular complexity index is 334. The molecule has 2 rings (SSSR count). The Labute approximate surface area is 91.5 Å². The molecule has 1 aliphatic rings. The third-order valence-electron chi connectivity index (χ3n) is 2.44. The third-order valence-corrected chi connectivity index (χ3v) is 2.44. The van der Waals surface area contributed by atoms with Crippen LogP contribution >= 0.6 is 0 Å². The van der Waals surface area contributed by atoms with Crippen LogP contribution in [0.1, 0.15) is 18.4 Å². The molecule has 0 unspecified atom stereocenters. The lowest BCUT2D eigenvalue weighted by Crippen LogP contribution is -2.15. The van der Waals surface area contributed by atoms with Crippen LogP contribution in [-0.4, -0.2) is 12.6 Å². The van der Waals surface area contributed by atoms with Crippen molar-refractivity contribution in [3.63, 3.8) is 0 Å². The van der Waals surface area contributed by atoms with E-state index in [1.807, 2.05) is 6.07 Å². The third kappa shape index (κ3) is 4.13. The van der Waals surface area contributed by atoms with Crippen LogP contribution in [0.3, 0.4) is 0 Å². The second-order valence-electron chi connectivity index (χ2n) is 3.88. The van der Waals surface area contributed by atoms with Gasteiger partial charge < -0.3 is 5.32 Å². The number of nitrogens with one attached hydrogen (secondary N) is 1. The van der Waals surface area contributed by atoms with Gasteiger partial charge >= 0.3 is 0 Å². The number of benzene rings is 1. The Morgan fingerprint density at radius 3 is 2.67 bits per heavy atom. The molecule has 1 nitrogen and oxygen atoms in total. The van der Waals surface area contributed by atoms with Gasteiger partial charge in [0.05, 0.1) is 0 Å². The van der Waals surface area contributed by atoms with E-state index in [1.165, 1.54) is 18.4 Å². The van der Waals surface area contributed by atoms with Crippen LogP contribution < -0.4 is 5.32 Å². The van der Waals surface area contributed by atoms with Gasteiger partial charge in [0.25, 0.3) is 0 Å². The van der Waals surface area contributed by atoms with Crippen molar-refractivity contribution in [2.75, 3.05) is 6.54 Å². The highest BCUT2D eigenvalue weighted by Crippen LogP contribution is 2.17. The van der Waals surface area contributed by atoms with E-state index in [2.05, 4.69) is 53.9 Å². The molecule has 1 aliphatic carbocycles. The molecule has 0 aromatic heterocycles. The summed E-state index contributed by atoms with van der Waals surface area (Å²) in [6.07, 6.45) is 11.2. The molecule has 0 amide bonds. The van der Waals surface area contributed by atoms with Crippen molar-refractivity contribution < 1.29 is 0 Å². The average molecular weight is 199 g/mol. The van der Waals surface area contributed by atoms with Gasteiger partial charge in [-0.1, -0.05) is 54.6 Å². The summed E-state index contributed by atoms with van der Waals surface area (Å²) in [6, 6.07) is 11.1. The van der Waals surface area contributed by atoms with E-state index in [4.69, 9.17) is 0 Å². The van der Waals surface area contributed by atoms with Crippen LogP contribution in [0.5, 0.6) is 0 Å². The minimum atomic E-state index is 0.799. The lowest BCUT2D eigenvalue weighted by molar-refractivity contribution is 0.753. The van der Waals surface area contributed by atoms with Gasteiger partial charge in [0.15, 0.2) is 0 Å². The first-order valence-electron chi connectivity index (χ1n) is 5.57. The van der Waals surface area contributed by atoms with E-state index < -0.39 is 0 Å². The Kier molecular flexibility index (Phi) is 3.75. The van der Waals surface area contributed by atoms with Crippen molar-refractivity contribution in [2.24, 2.45) is 0 Å². The molecule has 1 N–H and O–H groups in total. The smallest absolute Gasteiger partial charge is 0.0140 e. The summed E-state index contributed by atoms with van der Waals surface area (Å²) < 4.78 is 0. The molecule has 15 heavy (non-hydrogen) atoms. The molecule has 78 valence electrons. The average Bonchev–Trinajstić information content (AvgIpc) is 3.09. The SMILES string of the molecule is C(C=Cc1ccccc1)=CCNC1CC1. The van der Waals surface area contributed by atoms with Gasteiger partial charge in [-0.25, -0.2) is 0 Å². The van der Waals surface area contributed by atoms with E-state index in [0.717, 1.165) is 12.6 Å². The fourth-order valence-corrected chi connectivity index (χ4v) is 1.40. The van der Waals surface area contributed by atoms with Gasteiger partial charge in [-0.2, -0.15) is 0 Å². The van der Waals surface area contributed by atoms with E-state index in [9.17, 15) is 0 Å². The molecule has 0 radical (unpaired) electrons. The Morgan fingerprint density at radius 1 is 1.13 bits per heavy atom. The number of allylic oxidation sites excluding steroid dienone is 2. The van der Waals surface area contributed by atoms with Crippen LogP contribution in [0.15, 0.2) is 48.6 Å². The maximum absolute atomic E-state index is 3.43. The quantitative estimate of drug-likeness (QED) is 0.719. The second kappa shape index (κ2) is 5.52. The summed E-state index contributed by atoms with van der Waals surface area (Å²) in [7, 11) is 0. The number of hydrogen-bond acceptors (Lipinski definition) is 1. The van der Waals surface area contributed by atoms with Gasteiger partial charge in [0.2, 0.25) is 0 Å². The largest absolute Gasteiger partial charge is 0.311 e. The minimum Gasteiger partial charge on any atom is -0.311 e. The Balaban J connectivity index is 1.69. The van der Waals surface area contributed by atoms with Crippen LogP contribution in [0.2, 0.25) is 0 Å². The van der Waals surface area contributed by atoms with Crippen molar-refractivity contribution >= 4 is 6.08 Å². The standard InChI is InChI=1S/C14H17N/c1-3-7-13(8-4-1)9-5-2-6-12-15-14-10-11-14/h1-9,14-15H,10-12H2. The fourth-order valence-electron chi connectivity index (χ4n) is 1.40. The summed E-state index contributed by atoms with van der Waals surface area (Å²) in [5.74, 6) is 0. The van der Waals surface area contributed by atoms with Crippen LogP contribution in [0.25, 0.3) is 6.08 Å². The van der Waals surface area contributed by atoms with E-state index in [1.54, 1.807) is 0 Å². The molecule has 0 bridgehead atoms. The predicted molar refractivity (Wildman–Crippen MR) is 65.6 cm³/mol. The normalized spacial score (nSPS) is 16.5. The van der Waals surface area contributed by atoms with Crippen LogP contribution in [0, 0.1) is 0 Å². The maximum atomic E-state index is 3.43. The van der Waals surface area contributed by atoms with Crippen LogP contribution in [-0.2, 0) is 0 Å². The van der Waals surface area contributed by atoms with E-state index in [0.29, 0.717) is 0 Å². The molecule has 0 aliphatic heterocycles. The zero-order chi connectivity index (χ0) is 10.3. The monoisotopic (exact) mass is 199 g/mol. The highest BCUT2D eigenvalue weighted by atomic mass is 14.9. The molecule has 1 aromatic carbocycles. The molecular weight excluding hydrogens is 182 g/mol. The van der Waals surface area contributed by atoms with Gasteiger partial charge in [0, 0.05) is 12.6 Å². The van der Waals surface area contributed by atoms with Gasteiger partial charge in [-0.15, -0.1) is 0 Å². The topological polar surface area (TPSA) is 12.0 Å². The van der Waals surface area contributed by atoms with Crippen molar-refractivity contribution in [3.05, 3.63) is 54.1 Å². The van der Waals surface area contributed by atoms with Crippen LogP contribution in [0.4, 0.5) is 0 Å². The molecular formula is C14H17N. The molecule has 0 spiro atoms. The van der Waals surface area contributed by atoms with E-state index >= 15 is 0 Å². The molecule has 1 fully saturated rings. The highest BCUT2D eigenvalue weighted by Gasteiger charge is 2.18. The minimum absolute atomic E-state index is 0.799. The fraction of sp³-hybridized carbons (Fsp3) is 0.286. The molecule has 1 aromatic rings. The number of rotatable bonds is 5. The molecule has 1 saturated carbocycles. The first kappa shape index (κ1) is 10.2. The van der Waals surface area contributed by atoms with Gasteiger partial charge in [-0.05, 0) is 18.4 Å². The zero-order valence-corrected chi connectivity index (χ0v) is 8.89. The molecule has 0 heterocycles. The summed E-state index contributed by atoms with van der Waals surface area (Å²) >= 11 is 0. The predicted octanol–water partition coefficient (Wildman–Crippen LogP) is 3.01. The molecule has 0 saturated heterocycles. The van der Waals surface area contributed by atoms with Gasteiger partial charge in [-0.3, -0.25) is 0 Å². The summed E-state index contributed by atoms with van der Waals surface area (Å²) in [4.78, 5) is 0. The van der Waals surface area contributed by atoms with E-state index in [-0.39, 0.29) is 0 Å². The summed E-state index contributed by atoms with van der Waals surface area (Å²) in [5, 5.41) is 3.43. The Hall–Kier alpha value is -1.34. The Morgan fingerprint density at radius 2 is 1.93 bits per heavy atom. The van der Waals surface area contributed by atoms with Gasteiger partial charge in [0.1, 0.15) is 0 Å². The van der Waals surface area contributed by atoms with Crippen molar-refractivity contribution in [3.8, 4) is 0 Å². The first-order valence-corrected chi connectivity index (χ1v) is 5.57. The second-order valence-corrected chi connectivity index (χ2v) is 3.88. The molecule has 1 heteroatoms. The van der Waals surface area contributed by atoms with Crippen molar-refractivity contribution in [1.29, 1.82) is 0 Å². The van der Waals surface area contributed by atoms with Crippen molar-refractivity contribution in [1.82, 2.24) is 5.32 Å². The lowest BCUT2D eigenvalue weighted by atomic mass is 10.2.